The molecule has 7 nitrogen and oxygen atoms in total. The Kier molecular flexibility index (Phi) is 10.6. The van der Waals surface area contributed by atoms with Gasteiger partial charge in [0, 0.05) is 20.0 Å². The number of sulfonamides is 1. The van der Waals surface area contributed by atoms with E-state index in [9.17, 15) is 31.2 Å². The van der Waals surface area contributed by atoms with Crippen LogP contribution in [-0.2, 0) is 38.8 Å². The number of alkyl halides is 3. The van der Waals surface area contributed by atoms with Crippen molar-refractivity contribution in [2.45, 2.75) is 25.2 Å². The molecule has 2 amide bonds. The highest BCUT2D eigenvalue weighted by Crippen LogP contribution is 2.36. The third-order valence-electron chi connectivity index (χ3n) is 6.08. The van der Waals surface area contributed by atoms with Gasteiger partial charge in [-0.25, -0.2) is 8.42 Å². The summed E-state index contributed by atoms with van der Waals surface area (Å²) in [4.78, 5) is 28.1. The van der Waals surface area contributed by atoms with Crippen LogP contribution in [0.5, 0.6) is 0 Å². The Bertz CT molecular complexity index is 1520. The van der Waals surface area contributed by atoms with E-state index < -0.39 is 51.9 Å². The number of rotatable bonds is 10. The molecule has 0 aliphatic carbocycles. The number of carbonyl (C=O) groups excluding carboxylic acids is 2. The van der Waals surface area contributed by atoms with Gasteiger partial charge < -0.3 is 10.2 Å². The summed E-state index contributed by atoms with van der Waals surface area (Å²) in [5.41, 5.74) is -0.518. The Morgan fingerprint density at radius 2 is 1.54 bits per heavy atom. The van der Waals surface area contributed by atoms with Crippen molar-refractivity contribution >= 4 is 62.3 Å². The average Bonchev–Trinajstić information content (AvgIpc) is 2.90. The maximum Gasteiger partial charge on any atom is 0.416 e. The largest absolute Gasteiger partial charge is 0.416 e. The summed E-state index contributed by atoms with van der Waals surface area (Å²) in [7, 11) is -2.95. The zero-order valence-electron chi connectivity index (χ0n) is 21.8. The Balaban J connectivity index is 2.10. The van der Waals surface area contributed by atoms with Crippen LogP contribution in [0.1, 0.15) is 16.7 Å². The van der Waals surface area contributed by atoms with E-state index >= 15 is 0 Å². The molecule has 3 aromatic carbocycles. The van der Waals surface area contributed by atoms with Gasteiger partial charge in [0.1, 0.15) is 12.6 Å². The summed E-state index contributed by atoms with van der Waals surface area (Å²) < 4.78 is 66.4. The molecule has 0 aliphatic heterocycles. The summed E-state index contributed by atoms with van der Waals surface area (Å²) in [6.45, 7) is -1.14. The highest BCUT2D eigenvalue weighted by molar-refractivity contribution is 7.92. The van der Waals surface area contributed by atoms with Gasteiger partial charge in [-0.2, -0.15) is 13.2 Å². The van der Waals surface area contributed by atoms with Crippen molar-refractivity contribution in [2.24, 2.45) is 0 Å². The molecule has 41 heavy (non-hydrogen) atoms. The second-order valence-electron chi connectivity index (χ2n) is 9.02. The summed E-state index contributed by atoms with van der Waals surface area (Å²) >= 11 is 18.3. The molecule has 14 heteroatoms. The monoisotopic (exact) mass is 649 g/mol. The van der Waals surface area contributed by atoms with E-state index in [0.29, 0.717) is 27.6 Å². The van der Waals surface area contributed by atoms with Crippen LogP contribution in [-0.4, -0.2) is 51.0 Å². The van der Waals surface area contributed by atoms with Gasteiger partial charge in [0.05, 0.1) is 32.6 Å². The molecular formula is C27H25Cl3F3N3O4S. The molecule has 0 saturated heterocycles. The lowest BCUT2D eigenvalue weighted by atomic mass is 10.0. The van der Waals surface area contributed by atoms with E-state index in [1.807, 2.05) is 0 Å². The van der Waals surface area contributed by atoms with Gasteiger partial charge in [-0.05, 0) is 41.5 Å². The molecule has 0 radical (unpaired) electrons. The fourth-order valence-corrected chi connectivity index (χ4v) is 5.47. The SMILES string of the molecule is CNC(=O)[C@H](Cc1ccccc1)N(Cc1ccc(Cl)c(Cl)c1)C(=O)CN(c1cc(C(F)(F)F)ccc1Cl)S(C)(=O)=O. The van der Waals surface area contributed by atoms with E-state index in [-0.39, 0.29) is 28.0 Å². The van der Waals surface area contributed by atoms with Crippen molar-refractivity contribution in [2.75, 3.05) is 24.2 Å². The van der Waals surface area contributed by atoms with E-state index in [1.54, 1.807) is 36.4 Å². The summed E-state index contributed by atoms with van der Waals surface area (Å²) in [6, 6.07) is 14.4. The number of benzene rings is 3. The first kappa shape index (κ1) is 32.5. The molecule has 1 atom stereocenters. The molecule has 0 aliphatic rings. The van der Waals surface area contributed by atoms with Gasteiger partial charge in [-0.1, -0.05) is 71.2 Å². The lowest BCUT2D eigenvalue weighted by molar-refractivity contribution is -0.139. The fourth-order valence-electron chi connectivity index (χ4n) is 4.03. The number of halogens is 6. The number of carbonyl (C=O) groups is 2. The number of hydrogen-bond donors (Lipinski definition) is 1. The van der Waals surface area contributed by atoms with Crippen LogP contribution in [0.25, 0.3) is 0 Å². The van der Waals surface area contributed by atoms with Gasteiger partial charge >= 0.3 is 6.18 Å². The van der Waals surface area contributed by atoms with Gasteiger partial charge in [0.25, 0.3) is 0 Å². The Hall–Kier alpha value is -2.99. The normalized spacial score (nSPS) is 12.5. The first-order chi connectivity index (χ1) is 19.1. The van der Waals surface area contributed by atoms with E-state index in [2.05, 4.69) is 5.32 Å². The van der Waals surface area contributed by atoms with Crippen LogP contribution in [0.3, 0.4) is 0 Å². The highest BCUT2D eigenvalue weighted by Gasteiger charge is 2.35. The highest BCUT2D eigenvalue weighted by atomic mass is 35.5. The number of amides is 2. The molecule has 0 saturated carbocycles. The summed E-state index contributed by atoms with van der Waals surface area (Å²) in [5.74, 6) is -1.43. The minimum Gasteiger partial charge on any atom is -0.357 e. The molecule has 0 heterocycles. The zero-order chi connectivity index (χ0) is 30.5. The maximum atomic E-state index is 13.9. The number of nitrogens with zero attached hydrogens (tertiary/aromatic N) is 2. The van der Waals surface area contributed by atoms with Crippen LogP contribution >= 0.6 is 34.8 Å². The predicted octanol–water partition coefficient (Wildman–Crippen LogP) is 5.82. The second kappa shape index (κ2) is 13.3. The summed E-state index contributed by atoms with van der Waals surface area (Å²) in [6.07, 6.45) is -4.01. The van der Waals surface area contributed by atoms with E-state index in [0.717, 1.165) is 17.2 Å². The van der Waals surface area contributed by atoms with Crippen LogP contribution in [0.4, 0.5) is 18.9 Å². The molecule has 0 spiro atoms. The molecular weight excluding hydrogens is 626 g/mol. The number of anilines is 1. The molecule has 3 rings (SSSR count). The molecule has 3 aromatic rings. The quantitative estimate of drug-likeness (QED) is 0.300. The van der Waals surface area contributed by atoms with Crippen LogP contribution in [0.15, 0.2) is 66.7 Å². The smallest absolute Gasteiger partial charge is 0.357 e. The van der Waals surface area contributed by atoms with Gasteiger partial charge in [0.15, 0.2) is 0 Å². The fraction of sp³-hybridized carbons (Fsp3) is 0.259. The zero-order valence-corrected chi connectivity index (χ0v) is 24.8. The van der Waals surface area contributed by atoms with Gasteiger partial charge in [-0.3, -0.25) is 13.9 Å². The Labute approximate surface area is 250 Å². The third-order valence-corrected chi connectivity index (χ3v) is 8.26. The lowest BCUT2D eigenvalue weighted by Crippen LogP contribution is -2.53. The molecule has 0 aromatic heterocycles. The van der Waals surface area contributed by atoms with Gasteiger partial charge in [0.2, 0.25) is 21.8 Å². The Morgan fingerprint density at radius 3 is 2.10 bits per heavy atom. The summed E-state index contributed by atoms with van der Waals surface area (Å²) in [5, 5.41) is 2.63. The minimum absolute atomic E-state index is 0.0523. The number of likely N-dealkylation sites (N-methyl/N-ethyl adjacent to an activating group) is 1. The van der Waals surface area contributed by atoms with Crippen molar-refractivity contribution in [3.05, 3.63) is 98.5 Å². The maximum absolute atomic E-state index is 13.9. The number of nitrogens with one attached hydrogen (secondary N) is 1. The van der Waals surface area contributed by atoms with E-state index in [1.165, 1.54) is 19.2 Å². The molecule has 1 N–H and O–H groups in total. The van der Waals surface area contributed by atoms with Crippen LogP contribution in [0, 0.1) is 0 Å². The van der Waals surface area contributed by atoms with Crippen LogP contribution in [0.2, 0.25) is 15.1 Å². The van der Waals surface area contributed by atoms with Gasteiger partial charge in [-0.15, -0.1) is 0 Å². The van der Waals surface area contributed by atoms with Crippen molar-refractivity contribution in [3.63, 3.8) is 0 Å². The minimum atomic E-state index is -4.80. The van der Waals surface area contributed by atoms with Crippen molar-refractivity contribution in [3.8, 4) is 0 Å². The number of hydrogen-bond acceptors (Lipinski definition) is 4. The first-order valence-electron chi connectivity index (χ1n) is 11.9. The first-order valence-corrected chi connectivity index (χ1v) is 14.9. The Morgan fingerprint density at radius 1 is 0.902 bits per heavy atom. The molecule has 0 bridgehead atoms. The van der Waals surface area contributed by atoms with Crippen molar-refractivity contribution < 1.29 is 31.2 Å². The second-order valence-corrected chi connectivity index (χ2v) is 12.2. The molecule has 0 fully saturated rings. The van der Waals surface area contributed by atoms with Crippen molar-refractivity contribution in [1.29, 1.82) is 0 Å². The third kappa shape index (κ3) is 8.51. The molecule has 0 unspecified atom stereocenters. The average molecular weight is 651 g/mol. The topological polar surface area (TPSA) is 86.8 Å². The van der Waals surface area contributed by atoms with E-state index in [4.69, 9.17) is 34.8 Å². The predicted molar refractivity (Wildman–Crippen MR) is 154 cm³/mol. The standard InChI is InChI=1S/C27H25Cl3F3N3O4S/c1-34-26(38)24(13-17-6-4-3-5-7-17)35(15-18-8-10-20(28)22(30)12-18)25(37)16-36(41(2,39)40)23-14-19(27(31,32)33)9-11-21(23)29/h3-12,14,24H,13,15-16H2,1-2H3,(H,34,38)/t24-/m0/s1. The molecule has 220 valence electrons. The van der Waals surface area contributed by atoms with Crippen LogP contribution < -0.4 is 9.62 Å². The van der Waals surface area contributed by atoms with Crippen molar-refractivity contribution in [1.82, 2.24) is 10.2 Å². The lowest BCUT2D eigenvalue weighted by Gasteiger charge is -2.33.